The number of ether oxygens (including phenoxy) is 2. The molecule has 0 bridgehead atoms. The first kappa shape index (κ1) is 17.9. The summed E-state index contributed by atoms with van der Waals surface area (Å²) in [6.07, 6.45) is 4.40. The molecule has 0 aliphatic rings. The van der Waals surface area contributed by atoms with E-state index in [9.17, 15) is 5.11 Å². The highest BCUT2D eigenvalue weighted by molar-refractivity contribution is 4.66. The van der Waals surface area contributed by atoms with Gasteiger partial charge in [0, 0.05) is 19.8 Å². The first-order chi connectivity index (χ1) is 8.45. The van der Waals surface area contributed by atoms with Crippen LogP contribution in [0.1, 0.15) is 53.4 Å². The first-order valence-electron chi connectivity index (χ1n) is 7.19. The van der Waals surface area contributed by atoms with Crippen LogP contribution < -0.4 is 0 Å². The fourth-order valence-corrected chi connectivity index (χ4v) is 2.10. The Bertz CT molecular complexity index is 175. The van der Waals surface area contributed by atoms with E-state index in [1.165, 1.54) is 6.42 Å². The molecule has 0 amide bonds. The zero-order valence-corrected chi connectivity index (χ0v) is 12.7. The molecule has 0 spiro atoms. The minimum absolute atomic E-state index is 0.137. The third kappa shape index (κ3) is 13.9. The van der Waals surface area contributed by atoms with E-state index in [0.29, 0.717) is 18.6 Å². The second kappa shape index (κ2) is 10.8. The van der Waals surface area contributed by atoms with E-state index in [4.69, 9.17) is 9.47 Å². The Morgan fingerprint density at radius 2 is 1.50 bits per heavy atom. The topological polar surface area (TPSA) is 38.4 Å². The maximum atomic E-state index is 10.1. The van der Waals surface area contributed by atoms with Crippen molar-refractivity contribution >= 4 is 0 Å². The smallest absolute Gasteiger partial charge is 0.106 e. The van der Waals surface area contributed by atoms with Gasteiger partial charge in [0.2, 0.25) is 0 Å². The monoisotopic (exact) mass is 259 g/mol. The second-order valence-corrected chi connectivity index (χ2v) is 6.29. The molecule has 0 fully saturated rings. The van der Waals surface area contributed by atoms with Crippen molar-refractivity contribution in [3.63, 3.8) is 0 Å². The second-order valence-electron chi connectivity index (χ2n) is 6.29. The summed E-state index contributed by atoms with van der Waals surface area (Å²) in [6, 6.07) is 0. The molecule has 0 N–H and O–H groups in total. The Balaban J connectivity index is 3.20. The minimum atomic E-state index is -0.137. The number of unbranched alkanes of at least 4 members (excludes halogenated alkanes) is 1. The molecule has 0 aromatic rings. The van der Waals surface area contributed by atoms with Crippen LogP contribution >= 0.6 is 0 Å². The predicted molar refractivity (Wildman–Crippen MR) is 74.3 cm³/mol. The van der Waals surface area contributed by atoms with Crippen molar-refractivity contribution in [2.24, 2.45) is 11.3 Å². The van der Waals surface area contributed by atoms with Crippen molar-refractivity contribution in [2.45, 2.75) is 53.4 Å². The summed E-state index contributed by atoms with van der Waals surface area (Å²) in [5.41, 5.74) is 0.415. The summed E-state index contributed by atoms with van der Waals surface area (Å²) in [4.78, 5) is 0. The van der Waals surface area contributed by atoms with E-state index in [2.05, 4.69) is 27.7 Å². The van der Waals surface area contributed by atoms with Gasteiger partial charge in [0.05, 0.1) is 6.61 Å². The molecule has 0 aliphatic carbocycles. The van der Waals surface area contributed by atoms with Gasteiger partial charge in [0.25, 0.3) is 0 Å². The number of hydrogen-bond donors (Lipinski definition) is 0. The van der Waals surface area contributed by atoms with E-state index < -0.39 is 0 Å². The third-order valence-electron chi connectivity index (χ3n) is 2.77. The Labute approximate surface area is 113 Å². The van der Waals surface area contributed by atoms with Gasteiger partial charge in [0.15, 0.2) is 0 Å². The van der Waals surface area contributed by atoms with Crippen LogP contribution in [0, 0.1) is 11.3 Å². The van der Waals surface area contributed by atoms with E-state index in [1.54, 1.807) is 0 Å². The van der Waals surface area contributed by atoms with E-state index in [1.807, 2.05) is 0 Å². The molecule has 1 atom stereocenters. The average Bonchev–Trinajstić information content (AvgIpc) is 2.24. The zero-order valence-electron chi connectivity index (χ0n) is 12.7. The lowest BCUT2D eigenvalue weighted by Gasteiger charge is -2.23. The Morgan fingerprint density at radius 1 is 0.944 bits per heavy atom. The Hall–Kier alpha value is -0.120. The number of hydrogen-bond acceptors (Lipinski definition) is 2. The van der Waals surface area contributed by atoms with Crippen LogP contribution in [0.4, 0.5) is 0 Å². The third-order valence-corrected chi connectivity index (χ3v) is 2.77. The van der Waals surface area contributed by atoms with Gasteiger partial charge >= 0.3 is 0 Å². The molecule has 0 aliphatic heterocycles. The molecule has 1 unspecified atom stereocenters. The Morgan fingerprint density at radius 3 is 2.00 bits per heavy atom. The maximum Gasteiger partial charge on any atom is 0.106 e. The Kier molecular flexibility index (Phi) is 10.7. The lowest BCUT2D eigenvalue weighted by molar-refractivity contribution is 0.0558. The molecule has 0 saturated carbocycles. The highest BCUT2D eigenvalue weighted by atomic mass is 16.5. The molecule has 0 aromatic heterocycles. The van der Waals surface area contributed by atoms with Gasteiger partial charge in [-0.1, -0.05) is 27.7 Å². The summed E-state index contributed by atoms with van der Waals surface area (Å²) >= 11 is 0. The SMILES string of the molecule is CC(CCOCCCCOCC[O])CC(C)(C)C. The van der Waals surface area contributed by atoms with Crippen molar-refractivity contribution in [1.29, 1.82) is 0 Å². The van der Waals surface area contributed by atoms with Crippen LogP contribution in [0.2, 0.25) is 0 Å². The van der Waals surface area contributed by atoms with Crippen LogP contribution in [0.3, 0.4) is 0 Å². The number of rotatable bonds is 11. The molecule has 0 aromatic carbocycles. The van der Waals surface area contributed by atoms with E-state index in [-0.39, 0.29) is 6.61 Å². The normalized spacial score (nSPS) is 13.8. The predicted octanol–water partition coefficient (Wildman–Crippen LogP) is 3.69. The van der Waals surface area contributed by atoms with Gasteiger partial charge < -0.3 is 9.47 Å². The molecule has 109 valence electrons. The average molecular weight is 259 g/mol. The van der Waals surface area contributed by atoms with Crippen LogP contribution in [0.25, 0.3) is 0 Å². The van der Waals surface area contributed by atoms with Gasteiger partial charge in [-0.2, -0.15) is 0 Å². The van der Waals surface area contributed by atoms with Gasteiger partial charge in [-0.3, -0.25) is 0 Å². The van der Waals surface area contributed by atoms with Crippen molar-refractivity contribution in [1.82, 2.24) is 0 Å². The van der Waals surface area contributed by atoms with Crippen molar-refractivity contribution < 1.29 is 14.6 Å². The summed E-state index contributed by atoms with van der Waals surface area (Å²) < 4.78 is 10.7. The maximum absolute atomic E-state index is 10.1. The fourth-order valence-electron chi connectivity index (χ4n) is 2.10. The standard InChI is InChI=1S/C15H31O3/c1-14(13-15(2,3)4)7-11-17-9-5-6-10-18-12-8-16/h14H,5-13H2,1-4H3. The highest BCUT2D eigenvalue weighted by Crippen LogP contribution is 2.25. The lowest BCUT2D eigenvalue weighted by Crippen LogP contribution is -2.13. The largest absolute Gasteiger partial charge is 0.381 e. The van der Waals surface area contributed by atoms with Gasteiger partial charge in [0.1, 0.15) is 6.61 Å². The lowest BCUT2D eigenvalue weighted by atomic mass is 9.84. The van der Waals surface area contributed by atoms with Crippen molar-refractivity contribution in [2.75, 3.05) is 33.0 Å². The van der Waals surface area contributed by atoms with Gasteiger partial charge in [-0.25, -0.2) is 5.11 Å². The summed E-state index contributed by atoms with van der Waals surface area (Å²) in [6.45, 7) is 11.7. The van der Waals surface area contributed by atoms with Gasteiger partial charge in [-0.05, 0) is 37.0 Å². The van der Waals surface area contributed by atoms with Crippen molar-refractivity contribution in [3.8, 4) is 0 Å². The molecule has 1 radical (unpaired) electrons. The van der Waals surface area contributed by atoms with Crippen molar-refractivity contribution in [3.05, 3.63) is 0 Å². The molecular weight excluding hydrogens is 228 g/mol. The highest BCUT2D eigenvalue weighted by Gasteiger charge is 2.14. The summed E-state index contributed by atoms with van der Waals surface area (Å²) in [5, 5.41) is 10.1. The zero-order chi connectivity index (χ0) is 13.9. The molecule has 0 saturated heterocycles. The van der Waals surface area contributed by atoms with E-state index >= 15 is 0 Å². The summed E-state index contributed by atoms with van der Waals surface area (Å²) in [7, 11) is 0. The first-order valence-corrected chi connectivity index (χ1v) is 7.19. The fraction of sp³-hybridized carbons (Fsp3) is 1.00. The van der Waals surface area contributed by atoms with Gasteiger partial charge in [-0.15, -0.1) is 0 Å². The molecule has 3 heteroatoms. The molecule has 0 rings (SSSR count). The minimum Gasteiger partial charge on any atom is -0.381 e. The quantitative estimate of drug-likeness (QED) is 0.531. The molecule has 18 heavy (non-hydrogen) atoms. The molecule has 3 nitrogen and oxygen atoms in total. The summed E-state index contributed by atoms with van der Waals surface area (Å²) in [5.74, 6) is 0.727. The molecular formula is C15H31O3. The van der Waals surface area contributed by atoms with Crippen LogP contribution in [0.15, 0.2) is 0 Å². The van der Waals surface area contributed by atoms with Crippen LogP contribution in [-0.4, -0.2) is 33.0 Å². The molecule has 0 heterocycles. The van der Waals surface area contributed by atoms with Crippen LogP contribution in [0.5, 0.6) is 0 Å². The van der Waals surface area contributed by atoms with E-state index in [0.717, 1.165) is 38.4 Å². The van der Waals surface area contributed by atoms with Crippen LogP contribution in [-0.2, 0) is 14.6 Å².